The Hall–Kier alpha value is -4.44. The van der Waals surface area contributed by atoms with Crippen LogP contribution >= 0.6 is 11.3 Å². The molecule has 0 aliphatic heterocycles. The minimum Gasteiger partial charge on any atom is -0.324 e. The third-order valence-corrected chi connectivity index (χ3v) is 8.13. The van der Waals surface area contributed by atoms with E-state index in [0.717, 1.165) is 58.2 Å². The number of nitrogens with zero attached hydrogens (tertiary/aromatic N) is 5. The Labute approximate surface area is 221 Å². The van der Waals surface area contributed by atoms with Gasteiger partial charge in [0.15, 0.2) is 17.1 Å². The average molecular weight is 521 g/mol. The maximum atomic E-state index is 12.6. The van der Waals surface area contributed by atoms with E-state index in [1.807, 2.05) is 18.2 Å². The van der Waals surface area contributed by atoms with Crippen LogP contribution in [0.1, 0.15) is 30.6 Å². The van der Waals surface area contributed by atoms with Crippen LogP contribution in [0.5, 0.6) is 0 Å². The van der Waals surface area contributed by atoms with Crippen LogP contribution in [0.2, 0.25) is 0 Å². The number of H-pyrrole nitrogens is 2. The van der Waals surface area contributed by atoms with Gasteiger partial charge in [-0.05, 0) is 50.1 Å². The first-order valence-electron chi connectivity index (χ1n) is 12.6. The van der Waals surface area contributed by atoms with Gasteiger partial charge in [-0.2, -0.15) is 5.10 Å². The molecule has 7 rings (SSSR count). The van der Waals surface area contributed by atoms with E-state index >= 15 is 0 Å². The minimum absolute atomic E-state index is 0.0720. The Morgan fingerprint density at radius 3 is 2.74 bits per heavy atom. The largest absolute Gasteiger partial charge is 0.324 e. The lowest BCUT2D eigenvalue weighted by atomic mass is 10.1. The van der Waals surface area contributed by atoms with Gasteiger partial charge in [0.2, 0.25) is 5.91 Å². The van der Waals surface area contributed by atoms with Gasteiger partial charge in [0.05, 0.1) is 17.3 Å². The maximum absolute atomic E-state index is 12.6. The average Bonchev–Trinajstić information content (AvgIpc) is 3.74. The molecule has 38 heavy (non-hydrogen) atoms. The molecule has 0 unspecified atom stereocenters. The normalized spacial score (nSPS) is 14.0. The summed E-state index contributed by atoms with van der Waals surface area (Å²) in [6, 6.07) is 10.2. The Kier molecular flexibility index (Phi) is 5.47. The van der Waals surface area contributed by atoms with Crippen molar-refractivity contribution in [2.24, 2.45) is 5.92 Å². The van der Waals surface area contributed by atoms with Crippen LogP contribution in [-0.2, 0) is 4.79 Å². The summed E-state index contributed by atoms with van der Waals surface area (Å²) in [4.78, 5) is 36.7. The van der Waals surface area contributed by atoms with Crippen molar-refractivity contribution in [3.8, 4) is 33.1 Å². The number of hydrogen-bond donors (Lipinski definition) is 3. The highest BCUT2D eigenvalue weighted by Crippen LogP contribution is 2.34. The van der Waals surface area contributed by atoms with Crippen LogP contribution in [0.15, 0.2) is 55.1 Å². The Bertz CT molecular complexity index is 1810. The molecule has 0 bridgehead atoms. The van der Waals surface area contributed by atoms with Gasteiger partial charge in [0.25, 0.3) is 0 Å². The molecular weight excluding hydrogens is 496 g/mol. The van der Waals surface area contributed by atoms with Crippen LogP contribution in [0, 0.1) is 12.8 Å². The lowest BCUT2D eigenvalue weighted by Crippen LogP contribution is -2.20. The monoisotopic (exact) mass is 520 g/mol. The predicted molar refractivity (Wildman–Crippen MR) is 149 cm³/mol. The Morgan fingerprint density at radius 2 is 1.89 bits per heavy atom. The molecule has 1 fully saturated rings. The number of carbonyl (C=O) groups is 1. The zero-order valence-corrected chi connectivity index (χ0v) is 21.5. The molecule has 10 heteroatoms. The second kappa shape index (κ2) is 9.14. The quantitative estimate of drug-likeness (QED) is 0.251. The molecule has 0 atom stereocenters. The van der Waals surface area contributed by atoms with Crippen molar-refractivity contribution in [1.29, 1.82) is 0 Å². The van der Waals surface area contributed by atoms with Gasteiger partial charge in [-0.15, -0.1) is 11.3 Å². The van der Waals surface area contributed by atoms with Crippen molar-refractivity contribution in [1.82, 2.24) is 35.1 Å². The highest BCUT2D eigenvalue weighted by atomic mass is 32.1. The Morgan fingerprint density at radius 1 is 1.03 bits per heavy atom. The minimum atomic E-state index is 0.0720. The van der Waals surface area contributed by atoms with Crippen molar-refractivity contribution in [3.05, 3.63) is 60.0 Å². The fourth-order valence-electron chi connectivity index (χ4n) is 5.14. The molecule has 0 saturated heterocycles. The maximum Gasteiger partial charge on any atom is 0.227 e. The van der Waals surface area contributed by atoms with E-state index < -0.39 is 0 Å². The van der Waals surface area contributed by atoms with E-state index in [4.69, 9.17) is 4.98 Å². The summed E-state index contributed by atoms with van der Waals surface area (Å²) in [5.41, 5.74) is 6.29. The number of amides is 1. The number of fused-ring (bicyclic) bond motifs is 2. The first-order valence-corrected chi connectivity index (χ1v) is 13.5. The van der Waals surface area contributed by atoms with E-state index in [9.17, 15) is 4.79 Å². The molecule has 6 heterocycles. The van der Waals surface area contributed by atoms with E-state index in [1.54, 1.807) is 36.1 Å². The molecule has 0 spiro atoms. The Balaban J connectivity index is 1.24. The molecular formula is C28H24N8OS. The second-order valence-electron chi connectivity index (χ2n) is 9.68. The number of pyridine rings is 3. The van der Waals surface area contributed by atoms with Gasteiger partial charge >= 0.3 is 0 Å². The van der Waals surface area contributed by atoms with Gasteiger partial charge in [-0.1, -0.05) is 12.8 Å². The first kappa shape index (κ1) is 22.7. The van der Waals surface area contributed by atoms with Gasteiger partial charge in [-0.3, -0.25) is 14.9 Å². The molecule has 1 amide bonds. The zero-order chi connectivity index (χ0) is 25.6. The molecule has 1 aliphatic carbocycles. The van der Waals surface area contributed by atoms with E-state index in [2.05, 4.69) is 54.5 Å². The molecule has 1 aliphatic rings. The SMILES string of the molecule is Cc1ccc(-c2ccnc3[nH]c(-c4n[nH]c5ncc(-c6cncc(NC(=O)C7CCCC7)c6)cc45)nc23)s1. The molecule has 9 nitrogen and oxygen atoms in total. The molecule has 3 N–H and O–H groups in total. The highest BCUT2D eigenvalue weighted by molar-refractivity contribution is 7.15. The number of hydrogen-bond acceptors (Lipinski definition) is 7. The van der Waals surface area contributed by atoms with Gasteiger partial charge in [0.1, 0.15) is 11.2 Å². The van der Waals surface area contributed by atoms with Gasteiger partial charge < -0.3 is 10.3 Å². The van der Waals surface area contributed by atoms with Crippen molar-refractivity contribution >= 4 is 45.1 Å². The van der Waals surface area contributed by atoms with Crippen molar-refractivity contribution in [3.63, 3.8) is 0 Å². The number of rotatable bonds is 5. The third-order valence-electron chi connectivity index (χ3n) is 7.10. The van der Waals surface area contributed by atoms with Crippen LogP contribution in [0.25, 0.3) is 55.3 Å². The highest BCUT2D eigenvalue weighted by Gasteiger charge is 2.23. The lowest BCUT2D eigenvalue weighted by molar-refractivity contribution is -0.119. The fourth-order valence-corrected chi connectivity index (χ4v) is 6.03. The van der Waals surface area contributed by atoms with Crippen molar-refractivity contribution in [2.45, 2.75) is 32.6 Å². The standard InChI is InChI=1S/C28H24N8OS/c1-15-6-7-22(38-15)20-8-9-30-26-23(20)33-27(34-26)24-21-11-18(13-31-25(21)36-35-24)17-10-19(14-29-12-17)32-28(37)16-4-2-3-5-16/h6-14,16H,2-5H2,1H3,(H,32,37)(H,30,33,34)(H,31,35,36). The van der Waals surface area contributed by atoms with E-state index in [-0.39, 0.29) is 11.8 Å². The zero-order valence-electron chi connectivity index (χ0n) is 20.7. The number of nitrogens with one attached hydrogen (secondary N) is 3. The fraction of sp³-hybridized carbons (Fsp3) is 0.214. The summed E-state index contributed by atoms with van der Waals surface area (Å²) in [5, 5.41) is 11.4. The second-order valence-corrected chi connectivity index (χ2v) is 11.0. The van der Waals surface area contributed by atoms with Crippen LogP contribution in [0.4, 0.5) is 5.69 Å². The molecule has 6 aromatic heterocycles. The summed E-state index contributed by atoms with van der Waals surface area (Å²) >= 11 is 1.73. The number of aryl methyl sites for hydroxylation is 1. The smallest absolute Gasteiger partial charge is 0.227 e. The summed E-state index contributed by atoms with van der Waals surface area (Å²) in [7, 11) is 0. The molecule has 188 valence electrons. The summed E-state index contributed by atoms with van der Waals surface area (Å²) in [5.74, 6) is 0.782. The summed E-state index contributed by atoms with van der Waals surface area (Å²) in [6.07, 6.45) is 11.2. The first-order chi connectivity index (χ1) is 18.6. The summed E-state index contributed by atoms with van der Waals surface area (Å²) in [6.45, 7) is 2.09. The van der Waals surface area contributed by atoms with Crippen LogP contribution in [-0.4, -0.2) is 41.0 Å². The summed E-state index contributed by atoms with van der Waals surface area (Å²) < 4.78 is 0. The molecule has 0 aromatic carbocycles. The number of carbonyl (C=O) groups excluding carboxylic acids is 1. The van der Waals surface area contributed by atoms with Gasteiger partial charge in [-0.25, -0.2) is 15.0 Å². The predicted octanol–water partition coefficient (Wildman–Crippen LogP) is 6.12. The van der Waals surface area contributed by atoms with E-state index in [1.165, 1.54) is 4.88 Å². The van der Waals surface area contributed by atoms with Gasteiger partial charge in [0, 0.05) is 51.0 Å². The molecule has 1 saturated carbocycles. The number of thiophene rings is 1. The van der Waals surface area contributed by atoms with Crippen LogP contribution < -0.4 is 5.32 Å². The number of imidazole rings is 1. The topological polar surface area (TPSA) is 125 Å². The number of aromatic amines is 2. The van der Waals surface area contributed by atoms with Crippen LogP contribution in [0.3, 0.4) is 0 Å². The third kappa shape index (κ3) is 4.03. The molecule has 6 aromatic rings. The molecule has 0 radical (unpaired) electrons. The number of anilines is 1. The lowest BCUT2D eigenvalue weighted by Gasteiger charge is -2.11. The van der Waals surface area contributed by atoms with Crippen molar-refractivity contribution in [2.75, 3.05) is 5.32 Å². The van der Waals surface area contributed by atoms with E-state index in [0.29, 0.717) is 28.5 Å². The number of aromatic nitrogens is 7. The van der Waals surface area contributed by atoms with Crippen molar-refractivity contribution < 1.29 is 4.79 Å².